The maximum absolute atomic E-state index is 11.7. The lowest BCUT2D eigenvalue weighted by Crippen LogP contribution is -2.33. The summed E-state index contributed by atoms with van der Waals surface area (Å²) in [4.78, 5) is 23.2. The minimum Gasteiger partial charge on any atom is -0.497 e. The molecule has 6 heteroatoms. The van der Waals surface area contributed by atoms with E-state index in [0.29, 0.717) is 18.6 Å². The predicted molar refractivity (Wildman–Crippen MR) is 82.8 cm³/mol. The van der Waals surface area contributed by atoms with E-state index in [4.69, 9.17) is 9.84 Å². The van der Waals surface area contributed by atoms with Gasteiger partial charge < -0.3 is 15.2 Å². The molecule has 21 heavy (non-hydrogen) atoms. The summed E-state index contributed by atoms with van der Waals surface area (Å²) in [6, 6.07) is 7.57. The van der Waals surface area contributed by atoms with Crippen LogP contribution in [-0.4, -0.2) is 35.9 Å². The second kappa shape index (κ2) is 9.28. The molecule has 116 valence electrons. The van der Waals surface area contributed by atoms with Crippen LogP contribution in [0.15, 0.2) is 29.2 Å². The monoisotopic (exact) mass is 311 g/mol. The van der Waals surface area contributed by atoms with E-state index in [1.54, 1.807) is 18.9 Å². The second-order valence-electron chi connectivity index (χ2n) is 4.67. The van der Waals surface area contributed by atoms with E-state index in [2.05, 4.69) is 5.32 Å². The summed E-state index contributed by atoms with van der Waals surface area (Å²) in [5.41, 5.74) is 0. The van der Waals surface area contributed by atoms with Crippen LogP contribution in [0.25, 0.3) is 0 Å². The molecule has 0 fully saturated rings. The van der Waals surface area contributed by atoms with E-state index < -0.39 is 5.97 Å². The molecule has 0 heterocycles. The molecule has 1 rings (SSSR count). The zero-order valence-corrected chi connectivity index (χ0v) is 13.1. The molecule has 0 saturated heterocycles. The first-order valence-corrected chi connectivity index (χ1v) is 7.78. The molecule has 1 atom stereocenters. The highest BCUT2D eigenvalue weighted by Crippen LogP contribution is 2.21. The lowest BCUT2D eigenvalue weighted by atomic mass is 10.2. The molecule has 1 unspecified atom stereocenters. The van der Waals surface area contributed by atoms with Crippen molar-refractivity contribution >= 4 is 23.6 Å². The van der Waals surface area contributed by atoms with E-state index in [9.17, 15) is 9.59 Å². The standard InChI is InChI=1S/C15H21NO4S/c1-11(3-8-15(18)19)16-14(17)9-10-21-13-6-4-12(20-2)5-7-13/h4-7,11H,3,8-10H2,1-2H3,(H,16,17)(H,18,19). The lowest BCUT2D eigenvalue weighted by molar-refractivity contribution is -0.137. The highest BCUT2D eigenvalue weighted by molar-refractivity contribution is 7.99. The fraction of sp³-hybridized carbons (Fsp3) is 0.467. The fourth-order valence-electron chi connectivity index (χ4n) is 1.69. The minimum absolute atomic E-state index is 0.0473. The van der Waals surface area contributed by atoms with Crippen molar-refractivity contribution in [1.29, 1.82) is 0 Å². The van der Waals surface area contributed by atoms with Gasteiger partial charge in [-0.05, 0) is 37.6 Å². The molecular formula is C15H21NO4S. The predicted octanol–water partition coefficient (Wildman–Crippen LogP) is 2.55. The van der Waals surface area contributed by atoms with Crippen molar-refractivity contribution in [1.82, 2.24) is 5.32 Å². The van der Waals surface area contributed by atoms with Gasteiger partial charge in [-0.2, -0.15) is 0 Å². The van der Waals surface area contributed by atoms with Gasteiger partial charge in [-0.25, -0.2) is 0 Å². The number of hydrogen-bond donors (Lipinski definition) is 2. The normalized spacial score (nSPS) is 11.7. The summed E-state index contributed by atoms with van der Waals surface area (Å²) in [6.07, 6.45) is 0.933. The van der Waals surface area contributed by atoms with Gasteiger partial charge in [0.2, 0.25) is 5.91 Å². The summed E-state index contributed by atoms with van der Waals surface area (Å²) < 4.78 is 5.08. The third-order valence-electron chi connectivity index (χ3n) is 2.86. The number of aliphatic carboxylic acids is 1. The Hall–Kier alpha value is -1.69. The van der Waals surface area contributed by atoms with Crippen LogP contribution in [0.3, 0.4) is 0 Å². The van der Waals surface area contributed by atoms with E-state index in [-0.39, 0.29) is 18.4 Å². The van der Waals surface area contributed by atoms with Crippen LogP contribution in [0, 0.1) is 0 Å². The third kappa shape index (κ3) is 7.60. The quantitative estimate of drug-likeness (QED) is 0.685. The number of amides is 1. The molecule has 0 aliphatic carbocycles. The van der Waals surface area contributed by atoms with E-state index in [1.807, 2.05) is 31.2 Å². The van der Waals surface area contributed by atoms with E-state index >= 15 is 0 Å². The van der Waals surface area contributed by atoms with Gasteiger partial charge in [-0.1, -0.05) is 0 Å². The van der Waals surface area contributed by atoms with Gasteiger partial charge in [0.05, 0.1) is 7.11 Å². The Balaban J connectivity index is 2.21. The highest BCUT2D eigenvalue weighted by atomic mass is 32.2. The third-order valence-corrected chi connectivity index (χ3v) is 3.87. The first-order chi connectivity index (χ1) is 10.0. The van der Waals surface area contributed by atoms with Crippen LogP contribution in [0.2, 0.25) is 0 Å². The van der Waals surface area contributed by atoms with Crippen LogP contribution >= 0.6 is 11.8 Å². The van der Waals surface area contributed by atoms with Crippen molar-refractivity contribution in [2.24, 2.45) is 0 Å². The van der Waals surface area contributed by atoms with Crippen LogP contribution in [0.5, 0.6) is 5.75 Å². The Morgan fingerprint density at radius 1 is 1.29 bits per heavy atom. The molecular weight excluding hydrogens is 290 g/mol. The van der Waals surface area contributed by atoms with Crippen molar-refractivity contribution in [2.75, 3.05) is 12.9 Å². The Kier molecular flexibility index (Phi) is 7.68. The minimum atomic E-state index is -0.842. The first-order valence-electron chi connectivity index (χ1n) is 6.79. The average molecular weight is 311 g/mol. The van der Waals surface area contributed by atoms with Crippen LogP contribution in [0.4, 0.5) is 0 Å². The lowest BCUT2D eigenvalue weighted by Gasteiger charge is -2.12. The molecule has 2 N–H and O–H groups in total. The van der Waals surface area contributed by atoms with Crippen LogP contribution < -0.4 is 10.1 Å². The summed E-state index contributed by atoms with van der Waals surface area (Å²) >= 11 is 1.60. The van der Waals surface area contributed by atoms with Gasteiger partial charge in [0, 0.05) is 29.5 Å². The zero-order chi connectivity index (χ0) is 15.7. The van der Waals surface area contributed by atoms with Gasteiger partial charge in [0.1, 0.15) is 5.75 Å². The molecule has 0 saturated carbocycles. The number of benzene rings is 1. The van der Waals surface area contributed by atoms with Crippen molar-refractivity contribution in [3.63, 3.8) is 0 Å². The number of ether oxygens (including phenoxy) is 1. The fourth-order valence-corrected chi connectivity index (χ4v) is 2.54. The van der Waals surface area contributed by atoms with E-state index in [0.717, 1.165) is 10.6 Å². The number of nitrogens with one attached hydrogen (secondary N) is 1. The van der Waals surface area contributed by atoms with Crippen molar-refractivity contribution in [3.8, 4) is 5.75 Å². The molecule has 1 aromatic rings. The number of carboxylic acid groups (broad SMARTS) is 1. The average Bonchev–Trinajstić information content (AvgIpc) is 2.46. The summed E-state index contributed by atoms with van der Waals surface area (Å²) in [5, 5.41) is 11.4. The number of carboxylic acids is 1. The Morgan fingerprint density at radius 2 is 1.95 bits per heavy atom. The topological polar surface area (TPSA) is 75.6 Å². The molecule has 0 aliphatic heterocycles. The number of methoxy groups -OCH3 is 1. The summed E-state index contributed by atoms with van der Waals surface area (Å²) in [6.45, 7) is 1.82. The molecule has 5 nitrogen and oxygen atoms in total. The summed E-state index contributed by atoms with van der Waals surface area (Å²) in [7, 11) is 1.62. The van der Waals surface area contributed by atoms with Crippen molar-refractivity contribution < 1.29 is 19.4 Å². The van der Waals surface area contributed by atoms with Crippen LogP contribution in [-0.2, 0) is 9.59 Å². The van der Waals surface area contributed by atoms with Gasteiger partial charge in [-0.15, -0.1) is 11.8 Å². The SMILES string of the molecule is COc1ccc(SCCC(=O)NC(C)CCC(=O)O)cc1. The highest BCUT2D eigenvalue weighted by Gasteiger charge is 2.09. The number of hydrogen-bond acceptors (Lipinski definition) is 4. The van der Waals surface area contributed by atoms with Crippen LogP contribution in [0.1, 0.15) is 26.2 Å². The molecule has 1 amide bonds. The van der Waals surface area contributed by atoms with Gasteiger partial charge in [0.15, 0.2) is 0 Å². The zero-order valence-electron chi connectivity index (χ0n) is 12.3. The first kappa shape index (κ1) is 17.4. The Labute approximate surface area is 129 Å². The largest absolute Gasteiger partial charge is 0.497 e. The van der Waals surface area contributed by atoms with Crippen molar-refractivity contribution in [2.45, 2.75) is 37.1 Å². The molecule has 1 aromatic carbocycles. The Morgan fingerprint density at radius 3 is 2.52 bits per heavy atom. The second-order valence-corrected chi connectivity index (χ2v) is 5.84. The number of thioether (sulfide) groups is 1. The smallest absolute Gasteiger partial charge is 0.303 e. The maximum atomic E-state index is 11.7. The summed E-state index contributed by atoms with van der Waals surface area (Å²) in [5.74, 6) is 0.605. The van der Waals surface area contributed by atoms with E-state index in [1.165, 1.54) is 0 Å². The molecule has 0 radical (unpaired) electrons. The maximum Gasteiger partial charge on any atom is 0.303 e. The molecule has 0 bridgehead atoms. The molecule has 0 spiro atoms. The molecule has 0 aliphatic rings. The van der Waals surface area contributed by atoms with Gasteiger partial charge in [-0.3, -0.25) is 9.59 Å². The van der Waals surface area contributed by atoms with Gasteiger partial charge in [0.25, 0.3) is 0 Å². The number of carbonyl (C=O) groups is 2. The number of carbonyl (C=O) groups excluding carboxylic acids is 1. The van der Waals surface area contributed by atoms with Gasteiger partial charge >= 0.3 is 5.97 Å². The number of rotatable bonds is 9. The Bertz CT molecular complexity index is 461. The van der Waals surface area contributed by atoms with Crippen molar-refractivity contribution in [3.05, 3.63) is 24.3 Å². The molecule has 0 aromatic heterocycles.